The number of aromatic hydroxyl groups is 2. The van der Waals surface area contributed by atoms with Crippen molar-refractivity contribution in [3.05, 3.63) is 80.8 Å². The molecular weight excluding hydrogens is 424 g/mol. The molecule has 4 heteroatoms. The summed E-state index contributed by atoms with van der Waals surface area (Å²) in [4.78, 5) is 11.9. The second kappa shape index (κ2) is 11.9. The van der Waals surface area contributed by atoms with Crippen molar-refractivity contribution in [1.29, 1.82) is 0 Å². The van der Waals surface area contributed by atoms with E-state index in [1.807, 2.05) is 19.9 Å². The van der Waals surface area contributed by atoms with Crippen LogP contribution >= 0.6 is 0 Å². The molecule has 0 saturated carbocycles. The van der Waals surface area contributed by atoms with Crippen molar-refractivity contribution in [1.82, 2.24) is 0 Å². The van der Waals surface area contributed by atoms with E-state index in [9.17, 15) is 15.0 Å². The van der Waals surface area contributed by atoms with Crippen molar-refractivity contribution < 1.29 is 14.6 Å². The van der Waals surface area contributed by atoms with Crippen LogP contribution in [0.2, 0.25) is 0 Å². The number of hydrogen-bond donors (Lipinski definition) is 2. The summed E-state index contributed by atoms with van der Waals surface area (Å²) in [6.45, 7) is 14.6. The second-order valence-electron chi connectivity index (χ2n) is 10.2. The first-order chi connectivity index (χ1) is 15.9. The van der Waals surface area contributed by atoms with Crippen molar-refractivity contribution >= 4 is 11.0 Å². The molecule has 0 amide bonds. The van der Waals surface area contributed by atoms with E-state index in [1.165, 1.54) is 36.1 Å². The van der Waals surface area contributed by atoms with Crippen LogP contribution in [0.15, 0.2) is 68.4 Å². The van der Waals surface area contributed by atoms with Crippen molar-refractivity contribution in [3.8, 4) is 11.5 Å². The molecular formula is C30H40O4. The fourth-order valence-electron chi connectivity index (χ4n) is 3.76. The number of phenolic OH excluding ortho intramolecular Hbond substituents is 2. The zero-order valence-electron chi connectivity index (χ0n) is 21.8. The molecule has 0 radical (unpaired) electrons. The van der Waals surface area contributed by atoms with Crippen molar-refractivity contribution in [3.63, 3.8) is 0 Å². The quantitative estimate of drug-likeness (QED) is 0.441. The predicted octanol–water partition coefficient (Wildman–Crippen LogP) is 8.06. The van der Waals surface area contributed by atoms with E-state index in [0.717, 1.165) is 18.4 Å². The second-order valence-corrected chi connectivity index (χ2v) is 10.2. The van der Waals surface area contributed by atoms with Crippen LogP contribution in [0.5, 0.6) is 11.5 Å². The Morgan fingerprint density at radius 2 is 1.79 bits per heavy atom. The molecule has 1 aliphatic rings. The molecule has 2 N–H and O–H groups in total. The highest BCUT2D eigenvalue weighted by atomic mass is 16.3. The summed E-state index contributed by atoms with van der Waals surface area (Å²) in [6, 6.07) is 2.70. The van der Waals surface area contributed by atoms with Crippen LogP contribution in [0.1, 0.15) is 78.5 Å². The zero-order valence-corrected chi connectivity index (χ0v) is 21.8. The molecule has 1 aliphatic carbocycles. The summed E-state index contributed by atoms with van der Waals surface area (Å²) in [5.41, 5.74) is 4.63. The first-order valence-electron chi connectivity index (χ1n) is 12.0. The molecule has 3 rings (SSSR count). The van der Waals surface area contributed by atoms with E-state index < -0.39 is 0 Å². The van der Waals surface area contributed by atoms with Gasteiger partial charge in [0.05, 0.1) is 0 Å². The van der Waals surface area contributed by atoms with Crippen LogP contribution in [0.25, 0.3) is 11.0 Å². The lowest BCUT2D eigenvalue weighted by Crippen LogP contribution is -2.05. The van der Waals surface area contributed by atoms with Gasteiger partial charge in [-0.25, -0.2) is 0 Å². The molecule has 0 saturated heterocycles. The maximum absolute atomic E-state index is 11.9. The molecule has 0 aliphatic heterocycles. The summed E-state index contributed by atoms with van der Waals surface area (Å²) in [5, 5.41) is 20.2. The number of phenols is 2. The van der Waals surface area contributed by atoms with Gasteiger partial charge in [0.2, 0.25) is 0 Å². The molecule has 2 aromatic rings. The minimum absolute atomic E-state index is 0.0729. The van der Waals surface area contributed by atoms with Gasteiger partial charge in [-0.3, -0.25) is 4.79 Å². The molecule has 34 heavy (non-hydrogen) atoms. The summed E-state index contributed by atoms with van der Waals surface area (Å²) >= 11 is 0. The Bertz CT molecular complexity index is 1180. The van der Waals surface area contributed by atoms with Crippen molar-refractivity contribution in [2.75, 3.05) is 0 Å². The fraction of sp³-hybridized carbons (Fsp3) is 0.433. The molecule has 0 spiro atoms. The minimum Gasteiger partial charge on any atom is -0.507 e. The van der Waals surface area contributed by atoms with E-state index in [4.69, 9.17) is 4.42 Å². The lowest BCUT2D eigenvalue weighted by molar-refractivity contribution is 0.442. The van der Waals surface area contributed by atoms with Crippen molar-refractivity contribution in [2.45, 2.75) is 80.6 Å². The van der Waals surface area contributed by atoms with Crippen LogP contribution in [0.3, 0.4) is 0 Å². The van der Waals surface area contributed by atoms with E-state index in [1.54, 1.807) is 6.92 Å². The number of benzene rings is 1. The molecule has 0 fully saturated rings. The van der Waals surface area contributed by atoms with Gasteiger partial charge < -0.3 is 14.6 Å². The monoisotopic (exact) mass is 464 g/mol. The predicted molar refractivity (Wildman–Crippen MR) is 143 cm³/mol. The highest BCUT2D eigenvalue weighted by Gasteiger charge is 2.16. The van der Waals surface area contributed by atoms with Crippen LogP contribution in [0.4, 0.5) is 0 Å². The number of hydrogen-bond acceptors (Lipinski definition) is 4. The Hall–Kier alpha value is -3.01. The molecule has 0 bridgehead atoms. The smallest absolute Gasteiger partial charge is 0.196 e. The molecule has 1 heterocycles. The molecule has 4 nitrogen and oxygen atoms in total. The lowest BCUT2D eigenvalue weighted by atomic mass is 9.87. The maximum atomic E-state index is 11.9. The molecule has 0 unspecified atom stereocenters. The topological polar surface area (TPSA) is 70.7 Å². The third-order valence-corrected chi connectivity index (χ3v) is 5.93. The van der Waals surface area contributed by atoms with Gasteiger partial charge >= 0.3 is 0 Å². The van der Waals surface area contributed by atoms with Gasteiger partial charge in [-0.1, -0.05) is 60.9 Å². The Labute approximate surface area is 204 Å². The maximum Gasteiger partial charge on any atom is 0.196 e. The van der Waals surface area contributed by atoms with Crippen LogP contribution in [0, 0.1) is 12.3 Å². The first kappa shape index (κ1) is 27.2. The largest absolute Gasteiger partial charge is 0.507 e. The number of rotatable bonds is 2. The molecule has 184 valence electrons. The molecule has 1 aromatic heterocycles. The summed E-state index contributed by atoms with van der Waals surface area (Å²) in [6.07, 6.45) is 16.4. The van der Waals surface area contributed by atoms with E-state index in [2.05, 4.69) is 52.0 Å². The fourth-order valence-corrected chi connectivity index (χ4v) is 3.76. The average Bonchev–Trinajstić information content (AvgIpc) is 2.73. The van der Waals surface area contributed by atoms with E-state index in [0.29, 0.717) is 23.2 Å². The zero-order chi connectivity index (χ0) is 25.5. The SMILES string of the molecule is CC(C)=CCc1c(O)cc2oc(C)cc(=O)c2c1O.CC1=CCCC(C)=CCC(C)(C)C=CC1. The van der Waals surface area contributed by atoms with Gasteiger partial charge in [0, 0.05) is 17.7 Å². The van der Waals surface area contributed by atoms with Gasteiger partial charge in [-0.15, -0.1) is 0 Å². The molecule has 0 atom stereocenters. The number of allylic oxidation sites excluding steroid dienone is 8. The lowest BCUT2D eigenvalue weighted by Gasteiger charge is -2.18. The van der Waals surface area contributed by atoms with Gasteiger partial charge in [-0.2, -0.15) is 0 Å². The standard InChI is InChI=1S/C15H16O4.C15H24/c1-8(2)4-5-10-11(16)7-13-14(15(10)18)12(17)6-9(3)19-13;1-13-7-5-8-14(2)10-12-15(3,4)11-6-9-13/h4,6-7,16,18H,5H2,1-3H3;6-7,10-11H,5,8-9,12H2,1-4H3. The minimum atomic E-state index is -0.310. The third-order valence-electron chi connectivity index (χ3n) is 5.93. The third kappa shape index (κ3) is 8.09. The summed E-state index contributed by atoms with van der Waals surface area (Å²) < 4.78 is 5.35. The Morgan fingerprint density at radius 1 is 1.09 bits per heavy atom. The Morgan fingerprint density at radius 3 is 2.47 bits per heavy atom. The summed E-state index contributed by atoms with van der Waals surface area (Å²) in [5.74, 6) is 0.158. The molecule has 1 aromatic carbocycles. The van der Waals surface area contributed by atoms with Crippen LogP contribution in [-0.2, 0) is 6.42 Å². The van der Waals surface area contributed by atoms with Gasteiger partial charge in [-0.05, 0) is 72.1 Å². The van der Waals surface area contributed by atoms with Crippen LogP contribution in [-0.4, -0.2) is 10.2 Å². The highest BCUT2D eigenvalue weighted by Crippen LogP contribution is 2.35. The van der Waals surface area contributed by atoms with E-state index in [-0.39, 0.29) is 27.9 Å². The summed E-state index contributed by atoms with van der Waals surface area (Å²) in [7, 11) is 0. The highest BCUT2D eigenvalue weighted by molar-refractivity contribution is 5.86. The van der Waals surface area contributed by atoms with Crippen LogP contribution < -0.4 is 5.43 Å². The van der Waals surface area contributed by atoms with Gasteiger partial charge in [0.1, 0.15) is 28.2 Å². The number of fused-ring (bicyclic) bond motifs is 1. The van der Waals surface area contributed by atoms with E-state index >= 15 is 0 Å². The Balaban J connectivity index is 0.000000248. The van der Waals surface area contributed by atoms with Crippen molar-refractivity contribution in [2.24, 2.45) is 5.41 Å². The van der Waals surface area contributed by atoms with Gasteiger partial charge in [0.15, 0.2) is 5.43 Å². The number of aryl methyl sites for hydroxylation is 1. The normalized spacial score (nSPS) is 16.0. The first-order valence-corrected chi connectivity index (χ1v) is 12.0. The van der Waals surface area contributed by atoms with Gasteiger partial charge in [0.25, 0.3) is 0 Å². The average molecular weight is 465 g/mol. The Kier molecular flexibility index (Phi) is 9.55.